The van der Waals surface area contributed by atoms with E-state index in [9.17, 15) is 13.2 Å². The molecule has 0 unspecified atom stereocenters. The van der Waals surface area contributed by atoms with E-state index < -0.39 is 10.0 Å². The number of aryl methyl sites for hydroxylation is 1. The number of sulfonamides is 1. The number of carbonyl (C=O) groups excluding carboxylic acids is 1. The fourth-order valence-electron chi connectivity index (χ4n) is 1.59. The number of carbonyl (C=O) groups is 1. The highest BCUT2D eigenvalue weighted by atomic mass is 32.2. The summed E-state index contributed by atoms with van der Waals surface area (Å²) in [5.41, 5.74) is 1.19. The van der Waals surface area contributed by atoms with Gasteiger partial charge in [0.25, 0.3) is 5.91 Å². The lowest BCUT2D eigenvalue weighted by Gasteiger charge is -2.11. The van der Waals surface area contributed by atoms with E-state index in [0.717, 1.165) is 5.56 Å². The van der Waals surface area contributed by atoms with Crippen molar-refractivity contribution in [2.24, 2.45) is 0 Å². The molecule has 1 rings (SSSR count). The van der Waals surface area contributed by atoms with Gasteiger partial charge >= 0.3 is 0 Å². The van der Waals surface area contributed by atoms with Crippen molar-refractivity contribution in [3.05, 3.63) is 29.3 Å². The maximum Gasteiger partial charge on any atom is 0.255 e. The summed E-state index contributed by atoms with van der Waals surface area (Å²) in [7, 11) is -0.501. The van der Waals surface area contributed by atoms with Gasteiger partial charge in [0.1, 0.15) is 5.75 Å². The first kappa shape index (κ1) is 15.5. The van der Waals surface area contributed by atoms with Gasteiger partial charge in [-0.15, -0.1) is 0 Å². The molecular weight excluding hydrogens is 268 g/mol. The highest BCUT2D eigenvalue weighted by Crippen LogP contribution is 2.21. The molecule has 7 heteroatoms. The summed E-state index contributed by atoms with van der Waals surface area (Å²) in [4.78, 5) is 12.0. The monoisotopic (exact) mass is 286 g/mol. The minimum atomic E-state index is -3.32. The summed E-state index contributed by atoms with van der Waals surface area (Å²) in [6, 6.07) is 5.27. The highest BCUT2D eigenvalue weighted by Gasteiger charge is 2.15. The number of benzene rings is 1. The highest BCUT2D eigenvalue weighted by molar-refractivity contribution is 7.89. The van der Waals surface area contributed by atoms with Gasteiger partial charge in [0.15, 0.2) is 0 Å². The number of nitrogens with one attached hydrogen (secondary N) is 2. The molecule has 0 spiro atoms. The lowest BCUT2D eigenvalue weighted by atomic mass is 10.1. The number of hydrogen-bond acceptors (Lipinski definition) is 4. The Morgan fingerprint density at radius 3 is 2.63 bits per heavy atom. The van der Waals surface area contributed by atoms with Gasteiger partial charge < -0.3 is 10.1 Å². The van der Waals surface area contributed by atoms with Gasteiger partial charge in [-0.2, -0.15) is 0 Å². The van der Waals surface area contributed by atoms with E-state index in [1.807, 2.05) is 0 Å². The van der Waals surface area contributed by atoms with Crippen LogP contribution in [0.5, 0.6) is 5.75 Å². The molecule has 0 saturated heterocycles. The third-order valence-corrected chi connectivity index (χ3v) is 4.01. The lowest BCUT2D eigenvalue weighted by molar-refractivity contribution is 0.0952. The number of hydrogen-bond donors (Lipinski definition) is 2. The smallest absolute Gasteiger partial charge is 0.255 e. The number of ether oxygens (including phenoxy) is 1. The van der Waals surface area contributed by atoms with Crippen LogP contribution >= 0.6 is 0 Å². The molecule has 6 nitrogen and oxygen atoms in total. The van der Waals surface area contributed by atoms with Gasteiger partial charge in [0, 0.05) is 6.54 Å². The van der Waals surface area contributed by atoms with E-state index in [4.69, 9.17) is 4.74 Å². The van der Waals surface area contributed by atoms with Crippen molar-refractivity contribution in [1.82, 2.24) is 10.0 Å². The molecule has 1 aromatic carbocycles. The van der Waals surface area contributed by atoms with Crippen LogP contribution in [0.25, 0.3) is 0 Å². The predicted octanol–water partition coefficient (Wildman–Crippen LogP) is 0.283. The van der Waals surface area contributed by atoms with Gasteiger partial charge in [-0.3, -0.25) is 4.79 Å². The Hall–Kier alpha value is -1.60. The fraction of sp³-hybridized carbons (Fsp3) is 0.417. The standard InChI is InChI=1S/C12H18N2O4S/c1-9-5-4-6-10(18-3)11(9)12(15)14-7-8-19(16,17)13-2/h4-6,13H,7-8H2,1-3H3,(H,14,15). The molecule has 0 radical (unpaired) electrons. The molecule has 0 aliphatic carbocycles. The van der Waals surface area contributed by atoms with Gasteiger partial charge in [0.05, 0.1) is 18.4 Å². The molecule has 0 bridgehead atoms. The second-order valence-electron chi connectivity index (χ2n) is 3.93. The molecule has 0 atom stereocenters. The van der Waals surface area contributed by atoms with Gasteiger partial charge in [0.2, 0.25) is 10.0 Å². The van der Waals surface area contributed by atoms with Crippen LogP contribution in [0.1, 0.15) is 15.9 Å². The zero-order valence-electron chi connectivity index (χ0n) is 11.2. The fourth-order valence-corrected chi connectivity index (χ4v) is 2.17. The molecule has 0 aromatic heterocycles. The summed E-state index contributed by atoms with van der Waals surface area (Å²) in [6.45, 7) is 1.83. The molecule has 0 fully saturated rings. The third-order valence-electron chi connectivity index (χ3n) is 2.65. The Kier molecular flexibility index (Phi) is 5.31. The molecule has 2 N–H and O–H groups in total. The van der Waals surface area contributed by atoms with Crippen molar-refractivity contribution < 1.29 is 17.9 Å². The lowest BCUT2D eigenvalue weighted by Crippen LogP contribution is -2.33. The zero-order chi connectivity index (χ0) is 14.5. The molecule has 1 aromatic rings. The Morgan fingerprint density at radius 1 is 1.37 bits per heavy atom. The summed E-state index contributed by atoms with van der Waals surface area (Å²) in [5.74, 6) is -0.0427. The summed E-state index contributed by atoms with van der Waals surface area (Å²) in [5, 5.41) is 2.57. The van der Waals surface area contributed by atoms with Crippen molar-refractivity contribution in [3.63, 3.8) is 0 Å². The SMILES string of the molecule is CNS(=O)(=O)CCNC(=O)c1c(C)cccc1OC. The zero-order valence-corrected chi connectivity index (χ0v) is 12.0. The Bertz CT molecular complexity index is 555. The van der Waals surface area contributed by atoms with Gasteiger partial charge in [-0.1, -0.05) is 12.1 Å². The van der Waals surface area contributed by atoms with Crippen LogP contribution in [0.2, 0.25) is 0 Å². The van der Waals surface area contributed by atoms with E-state index in [-0.39, 0.29) is 18.2 Å². The predicted molar refractivity (Wildman–Crippen MR) is 72.9 cm³/mol. The topological polar surface area (TPSA) is 84.5 Å². The third kappa shape index (κ3) is 4.22. The van der Waals surface area contributed by atoms with Crippen LogP contribution in [0.15, 0.2) is 18.2 Å². The first-order valence-corrected chi connectivity index (χ1v) is 7.39. The molecule has 0 aliphatic rings. The van der Waals surface area contributed by atoms with E-state index in [2.05, 4.69) is 10.0 Å². The maximum absolute atomic E-state index is 12.0. The van der Waals surface area contributed by atoms with Crippen LogP contribution < -0.4 is 14.8 Å². The normalized spacial score (nSPS) is 11.1. The summed E-state index contributed by atoms with van der Waals surface area (Å²) in [6.07, 6.45) is 0. The first-order chi connectivity index (χ1) is 8.91. The van der Waals surface area contributed by atoms with E-state index in [0.29, 0.717) is 11.3 Å². The van der Waals surface area contributed by atoms with Crippen molar-refractivity contribution in [2.75, 3.05) is 26.5 Å². The minimum absolute atomic E-state index is 0.0412. The second-order valence-corrected chi connectivity index (χ2v) is 5.98. The average Bonchev–Trinajstić information content (AvgIpc) is 2.37. The van der Waals surface area contributed by atoms with E-state index in [1.54, 1.807) is 25.1 Å². The molecule has 0 aliphatic heterocycles. The van der Waals surface area contributed by atoms with E-state index in [1.165, 1.54) is 14.2 Å². The molecule has 19 heavy (non-hydrogen) atoms. The molecule has 106 valence electrons. The van der Waals surface area contributed by atoms with Crippen LogP contribution in [-0.2, 0) is 10.0 Å². The Morgan fingerprint density at radius 2 is 2.05 bits per heavy atom. The Balaban J connectivity index is 2.74. The summed E-state index contributed by atoms with van der Waals surface area (Å²) < 4.78 is 29.7. The van der Waals surface area contributed by atoms with Crippen LogP contribution in [0.3, 0.4) is 0 Å². The number of methoxy groups -OCH3 is 1. The average molecular weight is 286 g/mol. The first-order valence-electron chi connectivity index (χ1n) is 5.74. The van der Waals surface area contributed by atoms with Crippen molar-refractivity contribution in [2.45, 2.75) is 6.92 Å². The molecule has 0 saturated carbocycles. The van der Waals surface area contributed by atoms with Crippen molar-refractivity contribution in [1.29, 1.82) is 0 Å². The van der Waals surface area contributed by atoms with Gasteiger partial charge in [-0.25, -0.2) is 13.1 Å². The maximum atomic E-state index is 12.0. The quantitative estimate of drug-likeness (QED) is 0.787. The van der Waals surface area contributed by atoms with E-state index >= 15 is 0 Å². The second kappa shape index (κ2) is 6.53. The number of rotatable bonds is 6. The largest absolute Gasteiger partial charge is 0.496 e. The van der Waals surface area contributed by atoms with Crippen LogP contribution in [0, 0.1) is 6.92 Å². The number of amides is 1. The summed E-state index contributed by atoms with van der Waals surface area (Å²) >= 11 is 0. The van der Waals surface area contributed by atoms with Crippen LogP contribution in [-0.4, -0.2) is 40.8 Å². The molecule has 1 amide bonds. The van der Waals surface area contributed by atoms with Crippen LogP contribution in [0.4, 0.5) is 0 Å². The molecule has 0 heterocycles. The van der Waals surface area contributed by atoms with Gasteiger partial charge in [-0.05, 0) is 25.6 Å². The van der Waals surface area contributed by atoms with Crippen molar-refractivity contribution >= 4 is 15.9 Å². The molecular formula is C12H18N2O4S. The minimum Gasteiger partial charge on any atom is -0.496 e. The van der Waals surface area contributed by atoms with Crippen molar-refractivity contribution in [3.8, 4) is 5.75 Å². The Labute approximate surface area is 113 Å².